The standard InChI is InChI=1S/C23H48N2.CH4O4S/c1-4-5-6-7-8-9-10-11-12-13-14-15-16-17-18-19-20-23-24(2)21-22-25(23)3;1-5-6(2,3)4/h23H,4-22H2,1-3H3;1H3,(H,2,3,4). The number of nitrogens with zero attached hydrogens (tertiary/aromatic N) is 2. The van der Waals surface area contributed by atoms with Crippen molar-refractivity contribution >= 4 is 10.4 Å². The van der Waals surface area contributed by atoms with E-state index in [2.05, 4.69) is 35.0 Å². The van der Waals surface area contributed by atoms with Gasteiger partial charge in [-0.25, -0.2) is 0 Å². The molecule has 1 aliphatic rings. The lowest BCUT2D eigenvalue weighted by atomic mass is 10.0. The van der Waals surface area contributed by atoms with Crippen LogP contribution in [0, 0.1) is 0 Å². The summed E-state index contributed by atoms with van der Waals surface area (Å²) in [6, 6.07) is 0. The quantitative estimate of drug-likeness (QED) is 0.190. The van der Waals surface area contributed by atoms with Crippen LogP contribution in [-0.4, -0.2) is 63.2 Å². The molecule has 6 nitrogen and oxygen atoms in total. The van der Waals surface area contributed by atoms with Crippen LogP contribution in [0.15, 0.2) is 0 Å². The second-order valence-electron chi connectivity index (χ2n) is 9.13. The van der Waals surface area contributed by atoms with Gasteiger partial charge in [0.05, 0.1) is 13.3 Å². The first-order chi connectivity index (χ1) is 14.8. The van der Waals surface area contributed by atoms with Gasteiger partial charge in [0.2, 0.25) is 0 Å². The molecule has 0 aromatic rings. The summed E-state index contributed by atoms with van der Waals surface area (Å²) in [5, 5.41) is 0. The first kappa shape index (κ1) is 30.8. The molecule has 0 atom stereocenters. The van der Waals surface area contributed by atoms with Gasteiger partial charge in [0.15, 0.2) is 0 Å². The molecule has 0 unspecified atom stereocenters. The van der Waals surface area contributed by atoms with E-state index < -0.39 is 10.4 Å². The minimum absolute atomic E-state index is 0.714. The van der Waals surface area contributed by atoms with Crippen molar-refractivity contribution < 1.29 is 17.2 Å². The van der Waals surface area contributed by atoms with Gasteiger partial charge in [-0.15, -0.1) is 0 Å². The predicted octanol–water partition coefficient (Wildman–Crippen LogP) is 6.28. The lowest BCUT2D eigenvalue weighted by Gasteiger charge is -2.24. The van der Waals surface area contributed by atoms with E-state index >= 15 is 0 Å². The fraction of sp³-hybridized carbons (Fsp3) is 1.00. The highest BCUT2D eigenvalue weighted by Gasteiger charge is 2.24. The van der Waals surface area contributed by atoms with E-state index in [1.54, 1.807) is 0 Å². The Balaban J connectivity index is 0.00000131. The van der Waals surface area contributed by atoms with Crippen molar-refractivity contribution in [3.8, 4) is 0 Å². The van der Waals surface area contributed by atoms with Gasteiger partial charge in [-0.1, -0.05) is 110 Å². The highest BCUT2D eigenvalue weighted by atomic mass is 32.3. The summed E-state index contributed by atoms with van der Waals surface area (Å²) in [6.45, 7) is 4.80. The van der Waals surface area contributed by atoms with Crippen molar-refractivity contribution in [2.75, 3.05) is 34.3 Å². The lowest BCUT2D eigenvalue weighted by Crippen LogP contribution is -2.34. The van der Waals surface area contributed by atoms with Crippen LogP contribution in [0.3, 0.4) is 0 Å². The van der Waals surface area contributed by atoms with E-state index in [-0.39, 0.29) is 0 Å². The molecule has 7 heteroatoms. The summed E-state index contributed by atoms with van der Waals surface area (Å²) in [5.41, 5.74) is 0. The third-order valence-corrected chi connectivity index (χ3v) is 6.77. The topological polar surface area (TPSA) is 70.1 Å². The van der Waals surface area contributed by atoms with E-state index in [1.807, 2.05) is 0 Å². The second-order valence-corrected chi connectivity index (χ2v) is 10.3. The van der Waals surface area contributed by atoms with Gasteiger partial charge < -0.3 is 0 Å². The highest BCUT2D eigenvalue weighted by Crippen LogP contribution is 2.18. The van der Waals surface area contributed by atoms with Crippen LogP contribution in [0.5, 0.6) is 0 Å². The van der Waals surface area contributed by atoms with Crippen molar-refractivity contribution in [2.24, 2.45) is 0 Å². The van der Waals surface area contributed by atoms with Gasteiger partial charge in [0.25, 0.3) is 0 Å². The molecular formula is C24H52N2O4S. The Morgan fingerprint density at radius 1 is 0.710 bits per heavy atom. The number of rotatable bonds is 18. The zero-order valence-electron chi connectivity index (χ0n) is 21.0. The molecule has 1 aliphatic heterocycles. The lowest BCUT2D eigenvalue weighted by molar-refractivity contribution is 0.171. The minimum Gasteiger partial charge on any atom is -0.290 e. The van der Waals surface area contributed by atoms with Gasteiger partial charge in [-0.2, -0.15) is 8.42 Å². The van der Waals surface area contributed by atoms with Crippen LogP contribution >= 0.6 is 0 Å². The fourth-order valence-electron chi connectivity index (χ4n) is 4.27. The Morgan fingerprint density at radius 3 is 1.29 bits per heavy atom. The average Bonchev–Trinajstić information content (AvgIpc) is 3.05. The van der Waals surface area contributed by atoms with Gasteiger partial charge in [0.1, 0.15) is 0 Å². The normalized spacial score (nSPS) is 15.9. The first-order valence-corrected chi connectivity index (χ1v) is 14.1. The molecule has 31 heavy (non-hydrogen) atoms. The number of hydrogen-bond donors (Lipinski definition) is 1. The van der Waals surface area contributed by atoms with Crippen LogP contribution < -0.4 is 0 Å². The van der Waals surface area contributed by atoms with Crippen LogP contribution in [0.2, 0.25) is 0 Å². The van der Waals surface area contributed by atoms with Crippen LogP contribution in [0.1, 0.15) is 116 Å². The smallest absolute Gasteiger partial charge is 0.290 e. The molecule has 1 fully saturated rings. The summed E-state index contributed by atoms with van der Waals surface area (Å²) < 4.78 is 29.7. The Kier molecular flexibility index (Phi) is 20.3. The maximum absolute atomic E-state index is 9.33. The molecule has 1 rings (SSSR count). The molecule has 1 N–H and O–H groups in total. The second kappa shape index (κ2) is 20.4. The number of hydrogen-bond acceptors (Lipinski definition) is 5. The van der Waals surface area contributed by atoms with Crippen LogP contribution in [0.4, 0.5) is 0 Å². The predicted molar refractivity (Wildman–Crippen MR) is 132 cm³/mol. The summed E-state index contributed by atoms with van der Waals surface area (Å²) in [4.78, 5) is 5.04. The molecule has 0 aromatic carbocycles. The van der Waals surface area contributed by atoms with Crippen LogP contribution in [0.25, 0.3) is 0 Å². The molecule has 0 saturated carbocycles. The van der Waals surface area contributed by atoms with E-state index in [0.29, 0.717) is 6.17 Å². The van der Waals surface area contributed by atoms with Gasteiger partial charge in [0, 0.05) is 13.1 Å². The zero-order chi connectivity index (χ0) is 23.4. The van der Waals surface area contributed by atoms with Crippen molar-refractivity contribution in [3.05, 3.63) is 0 Å². The van der Waals surface area contributed by atoms with Gasteiger partial charge in [-0.05, 0) is 20.5 Å². The van der Waals surface area contributed by atoms with E-state index in [4.69, 9.17) is 4.55 Å². The molecule has 1 heterocycles. The molecule has 0 aliphatic carbocycles. The Bertz CT molecular complexity index is 478. The van der Waals surface area contributed by atoms with Crippen molar-refractivity contribution in [1.29, 1.82) is 0 Å². The zero-order valence-corrected chi connectivity index (χ0v) is 21.8. The molecular weight excluding hydrogens is 412 g/mol. The largest absolute Gasteiger partial charge is 0.397 e. The van der Waals surface area contributed by atoms with Gasteiger partial charge >= 0.3 is 10.4 Å². The maximum atomic E-state index is 9.33. The van der Waals surface area contributed by atoms with Crippen molar-refractivity contribution in [3.63, 3.8) is 0 Å². The minimum atomic E-state index is -4.16. The maximum Gasteiger partial charge on any atom is 0.397 e. The van der Waals surface area contributed by atoms with Crippen molar-refractivity contribution in [2.45, 2.75) is 122 Å². The third kappa shape index (κ3) is 20.1. The fourth-order valence-corrected chi connectivity index (χ4v) is 4.27. The van der Waals surface area contributed by atoms with Gasteiger partial charge in [-0.3, -0.25) is 18.5 Å². The molecule has 0 spiro atoms. The van der Waals surface area contributed by atoms with E-state index in [0.717, 1.165) is 7.11 Å². The first-order valence-electron chi connectivity index (χ1n) is 12.7. The molecule has 0 bridgehead atoms. The van der Waals surface area contributed by atoms with Crippen molar-refractivity contribution in [1.82, 2.24) is 9.80 Å². The number of likely N-dealkylation sites (N-methyl/N-ethyl adjacent to an activating group) is 2. The van der Waals surface area contributed by atoms with E-state index in [9.17, 15) is 8.42 Å². The summed E-state index contributed by atoms with van der Waals surface area (Å²) in [6.07, 6.45) is 25.4. The molecule has 0 amide bonds. The molecule has 1 saturated heterocycles. The molecule has 188 valence electrons. The Morgan fingerprint density at radius 2 is 1.00 bits per heavy atom. The SMILES string of the molecule is CCCCCCCCCCCCCCCCCCC1N(C)CCN1C.COS(=O)(=O)O. The molecule has 0 aromatic heterocycles. The van der Waals surface area contributed by atoms with Crippen LogP contribution in [-0.2, 0) is 14.6 Å². The summed E-state index contributed by atoms with van der Waals surface area (Å²) >= 11 is 0. The molecule has 0 radical (unpaired) electrons. The Hall–Kier alpha value is -0.210. The average molecular weight is 465 g/mol. The highest BCUT2D eigenvalue weighted by molar-refractivity contribution is 7.80. The summed E-state index contributed by atoms with van der Waals surface area (Å²) in [5.74, 6) is 0. The Labute approximate surface area is 194 Å². The summed E-state index contributed by atoms with van der Waals surface area (Å²) in [7, 11) is 1.27. The van der Waals surface area contributed by atoms with E-state index in [1.165, 1.54) is 122 Å². The third-order valence-electron chi connectivity index (χ3n) is 6.35. The monoisotopic (exact) mass is 464 g/mol. The number of unbranched alkanes of at least 4 members (excludes halogenated alkanes) is 15.